The minimum Gasteiger partial charge on any atom is -0.481 e. The lowest BCUT2D eigenvalue weighted by Crippen LogP contribution is -2.18. The van der Waals surface area contributed by atoms with Crippen molar-refractivity contribution in [3.05, 3.63) is 29.8 Å². The van der Waals surface area contributed by atoms with Gasteiger partial charge in [0.2, 0.25) is 0 Å². The van der Waals surface area contributed by atoms with Crippen molar-refractivity contribution >= 4 is 25.6 Å². The molecule has 6 nitrogen and oxygen atoms in total. The predicted octanol–water partition coefficient (Wildman–Crippen LogP) is 0.522. The Morgan fingerprint density at radius 3 is 2.05 bits per heavy atom. The molecule has 1 aromatic carbocycles. The molecule has 0 spiro atoms. The molecule has 1 aromatic rings. The van der Waals surface area contributed by atoms with Gasteiger partial charge in [0, 0.05) is 5.75 Å². The number of benzene rings is 1. The number of carboxylic acid groups (broad SMARTS) is 1. The Morgan fingerprint density at radius 1 is 1.05 bits per heavy atom. The lowest BCUT2D eigenvalue weighted by molar-refractivity contribution is -0.136. The summed E-state index contributed by atoms with van der Waals surface area (Å²) in [6.45, 7) is 1.46. The van der Waals surface area contributed by atoms with Crippen molar-refractivity contribution < 1.29 is 26.7 Å². The van der Waals surface area contributed by atoms with E-state index in [1.54, 1.807) is 0 Å². The van der Waals surface area contributed by atoms with Crippen LogP contribution in [0.2, 0.25) is 0 Å². The Kier molecular flexibility index (Phi) is 5.29. The van der Waals surface area contributed by atoms with Crippen molar-refractivity contribution in [3.8, 4) is 0 Å². The number of aliphatic carboxylic acids is 1. The highest BCUT2D eigenvalue weighted by atomic mass is 32.2. The maximum Gasteiger partial charge on any atom is 0.307 e. The predicted molar refractivity (Wildman–Crippen MR) is 74.2 cm³/mol. The van der Waals surface area contributed by atoms with Crippen LogP contribution in [0, 0.1) is 0 Å². The molecule has 0 aliphatic rings. The van der Waals surface area contributed by atoms with Crippen LogP contribution in [0.25, 0.3) is 0 Å². The third kappa shape index (κ3) is 4.93. The first-order valence-corrected chi connectivity index (χ1v) is 9.37. The third-order valence-corrected chi connectivity index (χ3v) is 6.44. The average Bonchev–Trinajstić information content (AvgIpc) is 2.37. The summed E-state index contributed by atoms with van der Waals surface area (Å²) >= 11 is 0. The lowest BCUT2D eigenvalue weighted by atomic mass is 10.2. The molecule has 0 fully saturated rings. The van der Waals surface area contributed by atoms with E-state index in [1.807, 2.05) is 0 Å². The highest BCUT2D eigenvalue weighted by molar-refractivity contribution is 7.95. The lowest BCUT2D eigenvalue weighted by Gasteiger charge is -2.05. The molecular weight excluding hydrogens is 304 g/mol. The Hall–Kier alpha value is -1.41. The zero-order chi connectivity index (χ0) is 15.4. The number of sulfone groups is 2. The van der Waals surface area contributed by atoms with Crippen LogP contribution in [-0.2, 0) is 30.9 Å². The van der Waals surface area contributed by atoms with Crippen LogP contribution in [0.15, 0.2) is 29.2 Å². The van der Waals surface area contributed by atoms with Crippen LogP contribution >= 0.6 is 0 Å². The van der Waals surface area contributed by atoms with E-state index >= 15 is 0 Å². The second kappa shape index (κ2) is 6.36. The van der Waals surface area contributed by atoms with Gasteiger partial charge in [-0.2, -0.15) is 0 Å². The minimum absolute atomic E-state index is 0.00191. The smallest absolute Gasteiger partial charge is 0.307 e. The largest absolute Gasteiger partial charge is 0.481 e. The van der Waals surface area contributed by atoms with E-state index in [4.69, 9.17) is 5.11 Å². The molecule has 0 saturated heterocycles. The molecule has 0 aliphatic heterocycles. The topological polar surface area (TPSA) is 106 Å². The molecule has 8 heteroatoms. The first-order chi connectivity index (χ1) is 9.16. The highest BCUT2D eigenvalue weighted by Gasteiger charge is 2.18. The fourth-order valence-electron chi connectivity index (χ4n) is 1.49. The van der Waals surface area contributed by atoms with E-state index in [2.05, 4.69) is 0 Å². The Labute approximate surface area is 118 Å². The van der Waals surface area contributed by atoms with E-state index in [0.29, 0.717) is 5.56 Å². The summed E-state index contributed by atoms with van der Waals surface area (Å²) in [5, 5.41) is 8.61. The first kappa shape index (κ1) is 16.6. The molecule has 0 atom stereocenters. The normalized spacial score (nSPS) is 12.2. The van der Waals surface area contributed by atoms with Crippen molar-refractivity contribution in [2.24, 2.45) is 0 Å². The summed E-state index contributed by atoms with van der Waals surface area (Å²) in [5.74, 6) is -1.99. The zero-order valence-corrected chi connectivity index (χ0v) is 12.6. The van der Waals surface area contributed by atoms with Gasteiger partial charge in [0.05, 0.1) is 22.8 Å². The molecule has 0 saturated carbocycles. The summed E-state index contributed by atoms with van der Waals surface area (Å²) in [6, 6.07) is 5.42. The summed E-state index contributed by atoms with van der Waals surface area (Å²) in [4.78, 5) is 10.5. The minimum atomic E-state index is -3.68. The van der Waals surface area contributed by atoms with Gasteiger partial charge in [-0.05, 0) is 17.7 Å². The van der Waals surface area contributed by atoms with Gasteiger partial charge in [0.15, 0.2) is 19.7 Å². The van der Waals surface area contributed by atoms with E-state index in [9.17, 15) is 21.6 Å². The number of carbonyl (C=O) groups is 1. The molecule has 1 N–H and O–H groups in total. The van der Waals surface area contributed by atoms with Crippen molar-refractivity contribution in [3.63, 3.8) is 0 Å². The Balaban J connectivity index is 2.85. The van der Waals surface area contributed by atoms with Crippen LogP contribution in [0.1, 0.15) is 12.5 Å². The number of rotatable bonds is 7. The third-order valence-electron chi connectivity index (χ3n) is 2.74. The number of hydrogen-bond acceptors (Lipinski definition) is 5. The van der Waals surface area contributed by atoms with Gasteiger partial charge in [0.25, 0.3) is 0 Å². The molecule has 0 aliphatic carbocycles. The first-order valence-electron chi connectivity index (χ1n) is 5.90. The van der Waals surface area contributed by atoms with Gasteiger partial charge in [-0.15, -0.1) is 0 Å². The average molecular weight is 320 g/mol. The molecule has 1 rings (SSSR count). The fraction of sp³-hybridized carbons (Fsp3) is 0.417. The van der Waals surface area contributed by atoms with Crippen LogP contribution in [0.4, 0.5) is 0 Å². The van der Waals surface area contributed by atoms with Gasteiger partial charge in [0.1, 0.15) is 0 Å². The molecule has 0 bridgehead atoms. The summed E-state index contributed by atoms with van der Waals surface area (Å²) in [6.07, 6.45) is -0.190. The quantitative estimate of drug-likeness (QED) is 0.785. The van der Waals surface area contributed by atoms with Gasteiger partial charge in [-0.25, -0.2) is 16.8 Å². The second-order valence-corrected chi connectivity index (χ2v) is 8.85. The fourth-order valence-corrected chi connectivity index (χ4v) is 4.46. The molecular formula is C12H16O6S2. The van der Waals surface area contributed by atoms with Gasteiger partial charge in [-0.1, -0.05) is 19.1 Å². The molecule has 0 unspecified atom stereocenters. The summed E-state index contributed by atoms with van der Waals surface area (Å²) in [7, 11) is -7.02. The molecule has 112 valence electrons. The molecule has 0 heterocycles. The molecule has 0 radical (unpaired) electrons. The Morgan fingerprint density at radius 2 is 1.60 bits per heavy atom. The van der Waals surface area contributed by atoms with Gasteiger partial charge < -0.3 is 5.11 Å². The van der Waals surface area contributed by atoms with Crippen LogP contribution in [0.5, 0.6) is 0 Å². The second-order valence-electron chi connectivity index (χ2n) is 4.27. The summed E-state index contributed by atoms with van der Waals surface area (Å²) < 4.78 is 46.5. The monoisotopic (exact) mass is 320 g/mol. The Bertz CT molecular complexity index is 671. The van der Waals surface area contributed by atoms with Crippen LogP contribution in [-0.4, -0.2) is 45.2 Å². The van der Waals surface area contributed by atoms with Crippen molar-refractivity contribution in [2.75, 3.05) is 17.3 Å². The van der Waals surface area contributed by atoms with E-state index < -0.39 is 37.1 Å². The number of hydrogen-bond donors (Lipinski definition) is 1. The maximum absolute atomic E-state index is 11.9. The van der Waals surface area contributed by atoms with Crippen molar-refractivity contribution in [2.45, 2.75) is 18.2 Å². The van der Waals surface area contributed by atoms with Crippen LogP contribution in [0.3, 0.4) is 0 Å². The van der Waals surface area contributed by atoms with E-state index in [0.717, 1.165) is 0 Å². The number of carboxylic acids is 1. The molecule has 20 heavy (non-hydrogen) atoms. The zero-order valence-electron chi connectivity index (χ0n) is 10.9. The van der Waals surface area contributed by atoms with Gasteiger partial charge in [-0.3, -0.25) is 4.79 Å². The summed E-state index contributed by atoms with van der Waals surface area (Å²) in [5.41, 5.74) is 0.484. The maximum atomic E-state index is 11.9. The van der Waals surface area contributed by atoms with E-state index in [-0.39, 0.29) is 17.1 Å². The van der Waals surface area contributed by atoms with E-state index in [1.165, 1.54) is 31.2 Å². The SMILES string of the molecule is CCS(=O)(=O)CCS(=O)(=O)c1ccc(CC(=O)O)cc1. The van der Waals surface area contributed by atoms with Crippen LogP contribution < -0.4 is 0 Å². The van der Waals surface area contributed by atoms with Crippen molar-refractivity contribution in [1.29, 1.82) is 0 Å². The highest BCUT2D eigenvalue weighted by Crippen LogP contribution is 2.13. The standard InChI is InChI=1S/C12H16O6S2/c1-2-19(15,16)7-8-20(17,18)11-5-3-10(4-6-11)9-12(13)14/h3-6H,2,7-9H2,1H3,(H,13,14). The molecule has 0 amide bonds. The van der Waals surface area contributed by atoms with Crippen molar-refractivity contribution in [1.82, 2.24) is 0 Å². The van der Waals surface area contributed by atoms with Gasteiger partial charge >= 0.3 is 5.97 Å². The molecule has 0 aromatic heterocycles.